The number of aliphatic carboxylic acids is 2. The molecule has 0 unspecified atom stereocenters. The normalized spacial score (nSPS) is 10.3. The highest BCUT2D eigenvalue weighted by Gasteiger charge is 1.99. The van der Waals surface area contributed by atoms with Crippen LogP contribution in [0.1, 0.15) is 47.0 Å². The summed E-state index contributed by atoms with van der Waals surface area (Å²) in [5.74, 6) is -1.67. The van der Waals surface area contributed by atoms with Crippen molar-refractivity contribution in [3.05, 3.63) is 48.6 Å². The molecule has 0 fully saturated rings. The smallest absolute Gasteiger partial charge is 0.300 e. The standard InChI is InChI=1S/C13H20.2C2H4O2/c1-5-9-12(8-4)13(10-6-2)11-7-3;2*1-2(3)4/h5-6,9-10H,1-2,7-8,11H2,3-4H3;2*1H3,(H,3,4)/b12-9-,13-10-;;. The molecule has 0 aliphatic rings. The Bertz CT molecular complexity index is 356. The molecule has 4 nitrogen and oxygen atoms in total. The Hall–Kier alpha value is -2.10. The van der Waals surface area contributed by atoms with Gasteiger partial charge in [0.15, 0.2) is 0 Å². The van der Waals surface area contributed by atoms with Crippen molar-refractivity contribution >= 4 is 11.9 Å². The van der Waals surface area contributed by atoms with Gasteiger partial charge >= 0.3 is 0 Å². The van der Waals surface area contributed by atoms with Crippen LogP contribution in [0.4, 0.5) is 0 Å². The summed E-state index contributed by atoms with van der Waals surface area (Å²) >= 11 is 0. The van der Waals surface area contributed by atoms with E-state index in [1.54, 1.807) is 0 Å². The molecule has 0 saturated heterocycles. The maximum Gasteiger partial charge on any atom is 0.300 e. The fraction of sp³-hybridized carbons (Fsp3) is 0.412. The minimum absolute atomic E-state index is 0.833. The third-order valence-electron chi connectivity index (χ3n) is 1.95. The predicted molar refractivity (Wildman–Crippen MR) is 88.4 cm³/mol. The van der Waals surface area contributed by atoms with Gasteiger partial charge in [-0.05, 0) is 24.0 Å². The lowest BCUT2D eigenvalue weighted by atomic mass is 9.98. The summed E-state index contributed by atoms with van der Waals surface area (Å²) in [6.07, 6.45) is 11.3. The van der Waals surface area contributed by atoms with E-state index >= 15 is 0 Å². The highest BCUT2D eigenvalue weighted by Crippen LogP contribution is 2.19. The zero-order valence-electron chi connectivity index (χ0n) is 13.6. The van der Waals surface area contributed by atoms with Gasteiger partial charge in [0.25, 0.3) is 11.9 Å². The number of carboxylic acid groups (broad SMARTS) is 2. The highest BCUT2D eigenvalue weighted by atomic mass is 16.4. The van der Waals surface area contributed by atoms with Gasteiger partial charge in [0, 0.05) is 13.8 Å². The molecule has 2 N–H and O–H groups in total. The summed E-state index contributed by atoms with van der Waals surface area (Å²) < 4.78 is 0. The second-order valence-electron chi connectivity index (χ2n) is 4.00. The van der Waals surface area contributed by atoms with Gasteiger partial charge in [0.2, 0.25) is 0 Å². The summed E-state index contributed by atoms with van der Waals surface area (Å²) in [7, 11) is 0. The molecule has 0 atom stereocenters. The Kier molecular flexibility index (Phi) is 20.4. The number of hydrogen-bond donors (Lipinski definition) is 2. The van der Waals surface area contributed by atoms with E-state index in [-0.39, 0.29) is 0 Å². The Balaban J connectivity index is -0.000000334. The summed E-state index contributed by atoms with van der Waals surface area (Å²) in [4.78, 5) is 18.0. The van der Waals surface area contributed by atoms with Gasteiger partial charge in [-0.1, -0.05) is 57.7 Å². The molecule has 0 radical (unpaired) electrons. The molecule has 0 heterocycles. The lowest BCUT2D eigenvalue weighted by Crippen LogP contribution is -1.88. The van der Waals surface area contributed by atoms with Crippen molar-refractivity contribution in [3.8, 4) is 0 Å². The van der Waals surface area contributed by atoms with E-state index in [1.807, 2.05) is 12.2 Å². The van der Waals surface area contributed by atoms with Gasteiger partial charge in [0.1, 0.15) is 0 Å². The van der Waals surface area contributed by atoms with E-state index in [4.69, 9.17) is 19.8 Å². The number of carbonyl (C=O) groups is 2. The predicted octanol–water partition coefficient (Wildman–Crippen LogP) is 4.60. The quantitative estimate of drug-likeness (QED) is 0.702. The van der Waals surface area contributed by atoms with Gasteiger partial charge in [0.05, 0.1) is 0 Å². The first kappa shape index (κ1) is 24.0. The number of allylic oxidation sites excluding steroid dienone is 6. The molecule has 120 valence electrons. The molecule has 0 amide bonds. The van der Waals surface area contributed by atoms with Crippen molar-refractivity contribution in [2.24, 2.45) is 0 Å². The Morgan fingerprint density at radius 1 is 0.905 bits per heavy atom. The Morgan fingerprint density at radius 2 is 1.24 bits per heavy atom. The zero-order chi connectivity index (χ0) is 17.3. The van der Waals surface area contributed by atoms with E-state index in [0.29, 0.717) is 0 Å². The molecule has 0 aromatic rings. The Labute approximate surface area is 128 Å². The van der Waals surface area contributed by atoms with Crippen LogP contribution in [-0.4, -0.2) is 22.2 Å². The molecule has 0 saturated carbocycles. The first-order valence-electron chi connectivity index (χ1n) is 6.79. The molecule has 4 heteroatoms. The van der Waals surface area contributed by atoms with Crippen molar-refractivity contribution < 1.29 is 19.8 Å². The van der Waals surface area contributed by atoms with Gasteiger partial charge in [-0.2, -0.15) is 0 Å². The molecule has 0 rings (SSSR count). The van der Waals surface area contributed by atoms with Crippen LogP contribution >= 0.6 is 0 Å². The summed E-state index contributed by atoms with van der Waals surface area (Å²) in [5, 5.41) is 14.8. The monoisotopic (exact) mass is 296 g/mol. The summed E-state index contributed by atoms with van der Waals surface area (Å²) in [6.45, 7) is 14.0. The topological polar surface area (TPSA) is 74.6 Å². The third kappa shape index (κ3) is 27.2. The van der Waals surface area contributed by atoms with Crippen molar-refractivity contribution in [2.75, 3.05) is 0 Å². The van der Waals surface area contributed by atoms with Crippen LogP contribution in [0.25, 0.3) is 0 Å². The lowest BCUT2D eigenvalue weighted by Gasteiger charge is -2.07. The van der Waals surface area contributed by atoms with Gasteiger partial charge in [-0.3, -0.25) is 9.59 Å². The van der Waals surface area contributed by atoms with Gasteiger partial charge < -0.3 is 10.2 Å². The Morgan fingerprint density at radius 3 is 1.48 bits per heavy atom. The minimum atomic E-state index is -0.833. The van der Waals surface area contributed by atoms with Crippen LogP contribution in [0.2, 0.25) is 0 Å². The van der Waals surface area contributed by atoms with E-state index in [2.05, 4.69) is 39.2 Å². The van der Waals surface area contributed by atoms with Gasteiger partial charge in [-0.25, -0.2) is 0 Å². The number of rotatable bonds is 6. The molecular weight excluding hydrogens is 268 g/mol. The average Bonchev–Trinajstić information content (AvgIpc) is 2.34. The maximum absolute atomic E-state index is 9.00. The molecular formula is C17H28O4. The number of carboxylic acids is 2. The lowest BCUT2D eigenvalue weighted by molar-refractivity contribution is -0.135. The molecule has 0 bridgehead atoms. The van der Waals surface area contributed by atoms with E-state index in [0.717, 1.165) is 26.7 Å². The van der Waals surface area contributed by atoms with Crippen molar-refractivity contribution in [3.63, 3.8) is 0 Å². The summed E-state index contributed by atoms with van der Waals surface area (Å²) in [5.41, 5.74) is 2.76. The van der Waals surface area contributed by atoms with Crippen molar-refractivity contribution in [1.82, 2.24) is 0 Å². The SMILES string of the molecule is C=C/C=C(CC)\C(=C/C=C)CCC.CC(=O)O.CC(=O)O. The van der Waals surface area contributed by atoms with Crippen LogP contribution in [-0.2, 0) is 9.59 Å². The molecule has 0 aromatic carbocycles. The highest BCUT2D eigenvalue weighted by molar-refractivity contribution is 5.63. The molecule has 0 aliphatic carbocycles. The second kappa shape index (κ2) is 17.9. The average molecular weight is 296 g/mol. The van der Waals surface area contributed by atoms with Crippen LogP contribution in [0, 0.1) is 0 Å². The van der Waals surface area contributed by atoms with E-state index < -0.39 is 11.9 Å². The number of hydrogen-bond acceptors (Lipinski definition) is 2. The molecule has 0 aliphatic heterocycles. The fourth-order valence-corrected chi connectivity index (χ4v) is 1.36. The largest absolute Gasteiger partial charge is 0.481 e. The molecule has 0 aromatic heterocycles. The van der Waals surface area contributed by atoms with Crippen LogP contribution in [0.5, 0.6) is 0 Å². The van der Waals surface area contributed by atoms with E-state index in [9.17, 15) is 0 Å². The minimum Gasteiger partial charge on any atom is -0.481 e. The second-order valence-corrected chi connectivity index (χ2v) is 4.00. The van der Waals surface area contributed by atoms with Crippen LogP contribution in [0.3, 0.4) is 0 Å². The molecule has 21 heavy (non-hydrogen) atoms. The zero-order valence-corrected chi connectivity index (χ0v) is 13.6. The first-order valence-corrected chi connectivity index (χ1v) is 6.79. The van der Waals surface area contributed by atoms with Crippen molar-refractivity contribution in [2.45, 2.75) is 47.0 Å². The van der Waals surface area contributed by atoms with Crippen molar-refractivity contribution in [1.29, 1.82) is 0 Å². The first-order chi connectivity index (χ1) is 9.76. The van der Waals surface area contributed by atoms with Crippen LogP contribution in [0.15, 0.2) is 48.6 Å². The fourth-order valence-electron chi connectivity index (χ4n) is 1.36. The van der Waals surface area contributed by atoms with Crippen LogP contribution < -0.4 is 0 Å². The molecule has 0 spiro atoms. The van der Waals surface area contributed by atoms with Gasteiger partial charge in [-0.15, -0.1) is 0 Å². The maximum atomic E-state index is 9.00. The van der Waals surface area contributed by atoms with E-state index in [1.165, 1.54) is 17.6 Å². The third-order valence-corrected chi connectivity index (χ3v) is 1.95. The summed E-state index contributed by atoms with van der Waals surface area (Å²) in [6, 6.07) is 0.